The third-order valence-corrected chi connectivity index (χ3v) is 14.0. The first kappa shape index (κ1) is 66.0. The van der Waals surface area contributed by atoms with Crippen molar-refractivity contribution in [1.82, 2.24) is 30.5 Å². The highest BCUT2D eigenvalue weighted by Crippen LogP contribution is 2.24. The van der Waals surface area contributed by atoms with Crippen molar-refractivity contribution in [2.75, 3.05) is 54.1 Å². The number of rotatable bonds is 25. The number of carbonyl (C=O) groups is 5. The van der Waals surface area contributed by atoms with E-state index < -0.39 is 54.8 Å². The number of hydrazine groups is 1. The number of benzene rings is 7. The van der Waals surface area contributed by atoms with Crippen LogP contribution in [0.15, 0.2) is 164 Å². The maximum atomic E-state index is 14.7. The Hall–Kier alpha value is -8.19. The number of methoxy groups -OCH3 is 2. The zero-order chi connectivity index (χ0) is 61.5. The van der Waals surface area contributed by atoms with Crippen LogP contribution in [0.2, 0.25) is 0 Å². The fraction of sp³-hybridized carbons (Fsp3) is 0.368. The van der Waals surface area contributed by atoms with Crippen LogP contribution >= 0.6 is 0 Å². The molecule has 0 spiro atoms. The average molecular weight is 1160 g/mol. The van der Waals surface area contributed by atoms with Crippen molar-refractivity contribution in [3.63, 3.8) is 0 Å². The van der Waals surface area contributed by atoms with E-state index in [-0.39, 0.29) is 37.9 Å². The summed E-state index contributed by atoms with van der Waals surface area (Å²) >= 11 is 0. The monoisotopic (exact) mass is 1160 g/mol. The molecule has 0 heterocycles. The minimum absolute atomic E-state index is 0.0843. The van der Waals surface area contributed by atoms with Gasteiger partial charge in [0, 0.05) is 60.5 Å². The lowest BCUT2D eigenvalue weighted by Crippen LogP contribution is -2.57. The van der Waals surface area contributed by atoms with Crippen LogP contribution in [0.3, 0.4) is 0 Å². The molecule has 85 heavy (non-hydrogen) atoms. The maximum Gasteiger partial charge on any atom is 0.429 e. The van der Waals surface area contributed by atoms with E-state index in [4.69, 9.17) is 29.4 Å². The van der Waals surface area contributed by atoms with E-state index in [1.54, 1.807) is 37.7 Å². The van der Waals surface area contributed by atoms with E-state index in [9.17, 15) is 24.0 Å². The van der Waals surface area contributed by atoms with Gasteiger partial charge in [-0.2, -0.15) is 0 Å². The number of ether oxygens (including phenoxy) is 5. The molecule has 0 aromatic heterocycles. The zero-order valence-corrected chi connectivity index (χ0v) is 50.9. The number of aryl methyl sites for hydroxylation is 2. The van der Waals surface area contributed by atoms with Crippen LogP contribution in [-0.4, -0.2) is 134 Å². The molecule has 2 unspecified atom stereocenters. The van der Waals surface area contributed by atoms with Gasteiger partial charge >= 0.3 is 12.1 Å². The highest BCUT2D eigenvalue weighted by molar-refractivity contribution is 5.91. The van der Waals surface area contributed by atoms with Gasteiger partial charge < -0.3 is 49.9 Å². The molecular formula is C68H85N7O10. The van der Waals surface area contributed by atoms with Crippen LogP contribution in [0.25, 0.3) is 21.5 Å². The summed E-state index contributed by atoms with van der Waals surface area (Å²) in [5.41, 5.74) is 12.4. The molecule has 0 fully saturated rings. The SMILES string of the molecule is CCOC(CN(Cc1cccc2ccccc12)C(=O)[C@@H](N)Cc1ccc(C)cc1)OC.CCOC(CN(Cc1cccc2ccccc12)C(=O)[C@H](Cc1ccc(C)cc1)NC(=O)CN(C(=O)OC(C)(C)C)N(C)C(=O)NCc1ccccc1)OC. The van der Waals surface area contributed by atoms with E-state index in [0.29, 0.717) is 32.7 Å². The number of fused-ring (bicyclic) bond motifs is 2. The maximum absolute atomic E-state index is 14.7. The van der Waals surface area contributed by atoms with Gasteiger partial charge in [-0.1, -0.05) is 175 Å². The fourth-order valence-corrected chi connectivity index (χ4v) is 9.52. The van der Waals surface area contributed by atoms with Gasteiger partial charge in [0.2, 0.25) is 17.7 Å². The first-order valence-corrected chi connectivity index (χ1v) is 28.8. The van der Waals surface area contributed by atoms with Gasteiger partial charge in [-0.25, -0.2) is 19.6 Å². The minimum atomic E-state index is -1.06. The van der Waals surface area contributed by atoms with E-state index in [2.05, 4.69) is 34.9 Å². The van der Waals surface area contributed by atoms with Gasteiger partial charge in [0.1, 0.15) is 18.2 Å². The van der Waals surface area contributed by atoms with E-state index in [1.165, 1.54) is 19.7 Å². The first-order valence-electron chi connectivity index (χ1n) is 28.8. The average Bonchev–Trinajstić information content (AvgIpc) is 2.90. The Labute approximate surface area is 501 Å². The fourth-order valence-electron chi connectivity index (χ4n) is 9.52. The van der Waals surface area contributed by atoms with Gasteiger partial charge in [-0.3, -0.25) is 14.4 Å². The molecule has 0 saturated carbocycles. The van der Waals surface area contributed by atoms with E-state index >= 15 is 0 Å². The van der Waals surface area contributed by atoms with Crippen molar-refractivity contribution < 1.29 is 47.7 Å². The van der Waals surface area contributed by atoms with Crippen molar-refractivity contribution in [3.05, 3.63) is 203 Å². The number of hydrogen-bond acceptors (Lipinski definition) is 11. The Morgan fingerprint density at radius 3 is 1.51 bits per heavy atom. The van der Waals surface area contributed by atoms with Crippen LogP contribution in [-0.2, 0) is 70.5 Å². The third-order valence-electron chi connectivity index (χ3n) is 14.0. The molecule has 452 valence electrons. The van der Waals surface area contributed by atoms with E-state index in [1.807, 2.05) is 167 Å². The predicted octanol–water partition coefficient (Wildman–Crippen LogP) is 10.3. The van der Waals surface area contributed by atoms with Crippen molar-refractivity contribution in [1.29, 1.82) is 0 Å². The lowest BCUT2D eigenvalue weighted by atomic mass is 10.0. The molecule has 7 aromatic rings. The highest BCUT2D eigenvalue weighted by atomic mass is 16.7. The van der Waals surface area contributed by atoms with E-state index in [0.717, 1.165) is 64.9 Å². The molecule has 0 aliphatic heterocycles. The summed E-state index contributed by atoms with van der Waals surface area (Å²) < 4.78 is 28.1. The standard InChI is InChI=1S/C42H53N5O7.C26H32N2O3/c1-8-53-38(52-7)29-46(27-34-19-14-18-33-17-12-13-20-35(33)34)39(49)36(25-31-23-21-30(2)22-24-31)44-37(48)28-47(41(51)54-42(3,4)5)45(6)40(50)43-26-32-15-10-9-11-16-32;1-4-31-25(30-3)18-28(17-22-10-7-9-21-8-5-6-11-23(21)22)26(29)24(27)16-20-14-12-19(2)13-15-20/h9-24,36,38H,8,25-29H2,1-7H3,(H,43,50)(H,44,48);5-15,24-25H,4,16-18,27H2,1-3H3/t36-,38?;24-,25?/m00/s1. The van der Waals surface area contributed by atoms with Crippen LogP contribution in [0, 0.1) is 13.8 Å². The van der Waals surface area contributed by atoms with Gasteiger partial charge in [-0.15, -0.1) is 0 Å². The summed E-state index contributed by atoms with van der Waals surface area (Å²) in [6.07, 6.45) is -1.50. The molecule has 7 rings (SSSR count). The Kier molecular flexibility index (Phi) is 25.4. The summed E-state index contributed by atoms with van der Waals surface area (Å²) in [4.78, 5) is 72.3. The normalized spacial score (nSPS) is 12.6. The predicted molar refractivity (Wildman–Crippen MR) is 333 cm³/mol. The number of urea groups is 1. The Bertz CT molecular complexity index is 3240. The molecule has 17 heteroatoms. The van der Waals surface area contributed by atoms with Gasteiger partial charge in [0.15, 0.2) is 12.6 Å². The summed E-state index contributed by atoms with van der Waals surface area (Å²) in [7, 11) is 4.48. The number of nitrogens with one attached hydrogen (secondary N) is 2. The molecule has 0 radical (unpaired) electrons. The zero-order valence-electron chi connectivity index (χ0n) is 50.9. The lowest BCUT2D eigenvalue weighted by molar-refractivity contribution is -0.154. The molecule has 4 N–H and O–H groups in total. The van der Waals surface area contributed by atoms with Crippen LogP contribution in [0.5, 0.6) is 0 Å². The number of hydrogen-bond donors (Lipinski definition) is 3. The topological polar surface area (TPSA) is 195 Å². The second-order valence-corrected chi connectivity index (χ2v) is 21.8. The van der Waals surface area contributed by atoms with Crippen LogP contribution in [0.4, 0.5) is 9.59 Å². The van der Waals surface area contributed by atoms with Crippen molar-refractivity contribution >= 4 is 51.4 Å². The van der Waals surface area contributed by atoms with Gasteiger partial charge in [-0.05, 0) is 104 Å². The van der Waals surface area contributed by atoms with Crippen molar-refractivity contribution in [2.45, 2.75) is 111 Å². The summed E-state index contributed by atoms with van der Waals surface area (Å²) in [6, 6.07) is 51.0. The summed E-state index contributed by atoms with van der Waals surface area (Å²) in [6.45, 7) is 14.3. The van der Waals surface area contributed by atoms with Crippen LogP contribution in [0.1, 0.15) is 73.6 Å². The second kappa shape index (κ2) is 32.8. The van der Waals surface area contributed by atoms with Crippen LogP contribution < -0.4 is 16.4 Å². The molecule has 0 aliphatic rings. The largest absolute Gasteiger partial charge is 0.442 e. The molecule has 7 aromatic carbocycles. The highest BCUT2D eigenvalue weighted by Gasteiger charge is 2.34. The third kappa shape index (κ3) is 20.5. The molecule has 6 amide bonds. The molecule has 0 saturated heterocycles. The quantitative estimate of drug-likeness (QED) is 0.0364. The minimum Gasteiger partial charge on any atom is -0.442 e. The lowest BCUT2D eigenvalue weighted by Gasteiger charge is -2.34. The number of nitrogens with two attached hydrogens (primary N) is 1. The Balaban J connectivity index is 0.000000315. The number of carbonyl (C=O) groups excluding carboxylic acids is 5. The Morgan fingerprint density at radius 2 is 1.02 bits per heavy atom. The number of nitrogens with zero attached hydrogens (tertiary/aromatic N) is 4. The summed E-state index contributed by atoms with van der Waals surface area (Å²) in [5.74, 6) is -1.17. The molecule has 0 aliphatic carbocycles. The second-order valence-electron chi connectivity index (χ2n) is 21.8. The molecule has 4 atom stereocenters. The van der Waals surface area contributed by atoms with Gasteiger partial charge in [0.05, 0.1) is 19.1 Å². The van der Waals surface area contributed by atoms with Crippen molar-refractivity contribution in [3.8, 4) is 0 Å². The molecule has 0 bridgehead atoms. The smallest absolute Gasteiger partial charge is 0.429 e. The Morgan fingerprint density at radius 1 is 0.565 bits per heavy atom. The van der Waals surface area contributed by atoms with Gasteiger partial charge in [0.25, 0.3) is 0 Å². The van der Waals surface area contributed by atoms with Crippen molar-refractivity contribution in [2.24, 2.45) is 5.73 Å². The molecular weight excluding hydrogens is 1070 g/mol. The number of amides is 6. The summed E-state index contributed by atoms with van der Waals surface area (Å²) in [5, 5.41) is 11.9. The first-order chi connectivity index (χ1) is 40.8. The molecule has 17 nitrogen and oxygen atoms in total.